The minimum atomic E-state index is -0.525. The summed E-state index contributed by atoms with van der Waals surface area (Å²) in [6.07, 6.45) is 0. The van der Waals surface area contributed by atoms with E-state index >= 15 is 0 Å². The van der Waals surface area contributed by atoms with Gasteiger partial charge in [0.15, 0.2) is 5.82 Å². The van der Waals surface area contributed by atoms with E-state index in [9.17, 15) is 10.1 Å². The van der Waals surface area contributed by atoms with E-state index in [0.717, 1.165) is 0 Å². The van der Waals surface area contributed by atoms with Crippen LogP contribution in [0.15, 0.2) is 23.0 Å². The van der Waals surface area contributed by atoms with Gasteiger partial charge in [-0.3, -0.25) is 9.36 Å². The maximum Gasteiger partial charge on any atom is 0.263 e. The molecule has 2 aromatic heterocycles. The van der Waals surface area contributed by atoms with Crippen LogP contribution in [-0.4, -0.2) is 32.7 Å². The number of hydrogen-bond donors (Lipinski definition) is 3. The lowest BCUT2D eigenvalue weighted by Crippen LogP contribution is -2.30. The van der Waals surface area contributed by atoms with E-state index in [4.69, 9.17) is 27.8 Å². The van der Waals surface area contributed by atoms with Crippen LogP contribution in [0.1, 0.15) is 31.3 Å². The molecule has 0 radical (unpaired) electrons. The van der Waals surface area contributed by atoms with Crippen LogP contribution in [-0.2, 0) is 11.3 Å². The number of nitrogens with zero attached hydrogens (tertiary/aromatic N) is 5. The Morgan fingerprint density at radius 2 is 2.10 bits per heavy atom. The van der Waals surface area contributed by atoms with Crippen LogP contribution in [0.5, 0.6) is 0 Å². The van der Waals surface area contributed by atoms with Gasteiger partial charge in [-0.25, -0.2) is 4.98 Å². The molecule has 0 aliphatic rings. The second-order valence-corrected chi connectivity index (χ2v) is 6.83. The molecule has 11 heteroatoms. The number of rotatable bonds is 7. The molecular weight excluding hydrogens is 408 g/mol. The molecular formula is C19H21ClN8O2. The van der Waals surface area contributed by atoms with Gasteiger partial charge in [0.2, 0.25) is 5.95 Å². The third kappa shape index (κ3) is 4.12. The van der Waals surface area contributed by atoms with Gasteiger partial charge in [0.25, 0.3) is 5.56 Å². The summed E-state index contributed by atoms with van der Waals surface area (Å²) < 4.78 is 6.92. The molecule has 3 rings (SSSR count). The number of ether oxygens (including phenoxy) is 1. The van der Waals surface area contributed by atoms with Crippen LogP contribution >= 0.6 is 11.6 Å². The second-order valence-electron chi connectivity index (χ2n) is 6.43. The van der Waals surface area contributed by atoms with Crippen LogP contribution in [0.4, 0.5) is 17.6 Å². The molecule has 2 heterocycles. The van der Waals surface area contributed by atoms with Crippen LogP contribution in [0.3, 0.4) is 0 Å². The van der Waals surface area contributed by atoms with Crippen molar-refractivity contribution in [2.75, 3.05) is 30.0 Å². The molecule has 0 aliphatic carbocycles. The van der Waals surface area contributed by atoms with Gasteiger partial charge >= 0.3 is 0 Å². The molecule has 0 fully saturated rings. The highest BCUT2D eigenvalue weighted by atomic mass is 35.5. The van der Waals surface area contributed by atoms with Gasteiger partial charge in [-0.05, 0) is 26.0 Å². The van der Waals surface area contributed by atoms with Gasteiger partial charge in [0, 0.05) is 6.61 Å². The lowest BCUT2D eigenvalue weighted by molar-refractivity contribution is 0.137. The molecule has 0 spiro atoms. The molecule has 156 valence electrons. The van der Waals surface area contributed by atoms with E-state index in [-0.39, 0.29) is 35.3 Å². The second kappa shape index (κ2) is 8.94. The van der Waals surface area contributed by atoms with Crippen molar-refractivity contribution in [3.05, 3.63) is 45.0 Å². The van der Waals surface area contributed by atoms with E-state index in [2.05, 4.69) is 20.3 Å². The number of nitrogen functional groups attached to an aromatic ring is 2. The number of nitrogens with one attached hydrogen (secondary N) is 1. The van der Waals surface area contributed by atoms with Crippen LogP contribution in [0.25, 0.3) is 10.9 Å². The molecule has 0 bridgehead atoms. The van der Waals surface area contributed by atoms with E-state index in [0.29, 0.717) is 35.0 Å². The lowest BCUT2D eigenvalue weighted by atomic mass is 10.2. The minimum absolute atomic E-state index is 0.0355. The summed E-state index contributed by atoms with van der Waals surface area (Å²) in [4.78, 5) is 25.7. The predicted octanol–water partition coefficient (Wildman–Crippen LogP) is 2.09. The lowest BCUT2D eigenvalue weighted by Gasteiger charge is -2.21. The summed E-state index contributed by atoms with van der Waals surface area (Å²) in [6.45, 7) is 4.78. The fourth-order valence-corrected chi connectivity index (χ4v) is 3.32. The number of halogens is 1. The Morgan fingerprint density at radius 3 is 2.80 bits per heavy atom. The molecule has 5 N–H and O–H groups in total. The van der Waals surface area contributed by atoms with Crippen LogP contribution < -0.4 is 22.3 Å². The maximum absolute atomic E-state index is 13.2. The Bertz CT molecular complexity index is 1190. The van der Waals surface area contributed by atoms with Gasteiger partial charge in [0.05, 0.1) is 35.1 Å². The van der Waals surface area contributed by atoms with Gasteiger partial charge in [-0.15, -0.1) is 0 Å². The van der Waals surface area contributed by atoms with Gasteiger partial charge in [-0.2, -0.15) is 15.2 Å². The number of nitrogens with two attached hydrogens (primary N) is 2. The standard InChI is InChI=1S/C19H21ClN8O2/c1-3-30-8-7-28-17(25-13-6-4-5-12(20)14(13)18(28)29)10(2)24-16-11(9-21)15(22)26-19(23)27-16/h4-6,10H,3,7-8H2,1-2H3,(H5,22,23,24,26,27)/t10-/m0/s1. The first kappa shape index (κ1) is 21.3. The molecule has 0 saturated heterocycles. The van der Waals surface area contributed by atoms with Crippen molar-refractivity contribution < 1.29 is 4.74 Å². The number of fused-ring (bicyclic) bond motifs is 1. The fourth-order valence-electron chi connectivity index (χ4n) is 3.07. The van der Waals surface area contributed by atoms with Crippen molar-refractivity contribution in [3.8, 4) is 6.07 Å². The monoisotopic (exact) mass is 428 g/mol. The first-order chi connectivity index (χ1) is 14.4. The first-order valence-electron chi connectivity index (χ1n) is 9.23. The van der Waals surface area contributed by atoms with E-state index in [1.807, 2.05) is 13.0 Å². The SMILES string of the molecule is CCOCCn1c([C@H](C)Nc2nc(N)nc(N)c2C#N)nc2cccc(Cl)c2c1=O. The Kier molecular flexibility index (Phi) is 6.34. The van der Waals surface area contributed by atoms with Crippen molar-refractivity contribution in [3.63, 3.8) is 0 Å². The normalized spacial score (nSPS) is 11.9. The first-order valence-corrected chi connectivity index (χ1v) is 9.61. The van der Waals surface area contributed by atoms with Gasteiger partial charge < -0.3 is 21.5 Å². The topological polar surface area (TPSA) is 158 Å². The van der Waals surface area contributed by atoms with Crippen molar-refractivity contribution >= 4 is 40.1 Å². The Labute approximate surface area is 177 Å². The third-order valence-corrected chi connectivity index (χ3v) is 4.75. The predicted molar refractivity (Wildman–Crippen MR) is 115 cm³/mol. The number of benzene rings is 1. The quantitative estimate of drug-likeness (QED) is 0.479. The van der Waals surface area contributed by atoms with Crippen LogP contribution in [0, 0.1) is 11.3 Å². The molecule has 0 amide bonds. The number of hydrogen-bond acceptors (Lipinski definition) is 9. The summed E-state index contributed by atoms with van der Waals surface area (Å²) in [5.41, 5.74) is 11.7. The third-order valence-electron chi connectivity index (χ3n) is 4.43. The van der Waals surface area contributed by atoms with Crippen molar-refractivity contribution in [2.24, 2.45) is 0 Å². The summed E-state index contributed by atoms with van der Waals surface area (Å²) >= 11 is 6.25. The highest BCUT2D eigenvalue weighted by Gasteiger charge is 2.20. The molecule has 30 heavy (non-hydrogen) atoms. The zero-order chi connectivity index (χ0) is 21.8. The van der Waals surface area contributed by atoms with Crippen molar-refractivity contribution in [1.82, 2.24) is 19.5 Å². The maximum atomic E-state index is 13.2. The smallest absolute Gasteiger partial charge is 0.263 e. The Balaban J connectivity index is 2.11. The van der Waals surface area contributed by atoms with Crippen molar-refractivity contribution in [1.29, 1.82) is 5.26 Å². The average molecular weight is 429 g/mol. The summed E-state index contributed by atoms with van der Waals surface area (Å²) in [6, 6.07) is 6.52. The van der Waals surface area contributed by atoms with E-state index < -0.39 is 6.04 Å². The number of anilines is 3. The van der Waals surface area contributed by atoms with Crippen LogP contribution in [0.2, 0.25) is 5.02 Å². The minimum Gasteiger partial charge on any atom is -0.382 e. The Hall–Kier alpha value is -3.42. The summed E-state index contributed by atoms with van der Waals surface area (Å²) in [5, 5.41) is 13.1. The van der Waals surface area contributed by atoms with Gasteiger partial charge in [-0.1, -0.05) is 17.7 Å². The number of aromatic nitrogens is 4. The highest BCUT2D eigenvalue weighted by Crippen LogP contribution is 2.25. The highest BCUT2D eigenvalue weighted by molar-refractivity contribution is 6.35. The molecule has 0 unspecified atom stereocenters. The summed E-state index contributed by atoms with van der Waals surface area (Å²) in [7, 11) is 0. The van der Waals surface area contributed by atoms with E-state index in [1.54, 1.807) is 25.1 Å². The summed E-state index contributed by atoms with van der Waals surface area (Å²) in [5.74, 6) is 0.473. The van der Waals surface area contributed by atoms with E-state index in [1.165, 1.54) is 4.57 Å². The molecule has 1 atom stereocenters. The van der Waals surface area contributed by atoms with Gasteiger partial charge in [0.1, 0.15) is 23.3 Å². The molecule has 0 saturated carbocycles. The Morgan fingerprint density at radius 1 is 1.33 bits per heavy atom. The zero-order valence-corrected chi connectivity index (χ0v) is 17.3. The molecule has 10 nitrogen and oxygen atoms in total. The van der Waals surface area contributed by atoms with Crippen molar-refractivity contribution in [2.45, 2.75) is 26.4 Å². The molecule has 3 aromatic rings. The largest absolute Gasteiger partial charge is 0.382 e. The molecule has 0 aliphatic heterocycles. The average Bonchev–Trinajstić information content (AvgIpc) is 2.69. The zero-order valence-electron chi connectivity index (χ0n) is 16.5. The number of nitriles is 1. The fraction of sp³-hybridized carbons (Fsp3) is 0.316. The molecule has 1 aromatic carbocycles.